The van der Waals surface area contributed by atoms with Gasteiger partial charge in [0.15, 0.2) is 0 Å². The van der Waals surface area contributed by atoms with Crippen molar-refractivity contribution in [1.29, 1.82) is 0 Å². The standard InChI is InChI=1S/C9H8NO/c10-8-3-4-9-7(6-8)2-1-5-11-9/h1-4,6,10H,5H2. The molecule has 0 aromatic heterocycles. The van der Waals surface area contributed by atoms with E-state index in [0.717, 1.165) is 11.3 Å². The van der Waals surface area contributed by atoms with Gasteiger partial charge in [0.2, 0.25) is 0 Å². The molecule has 1 radical (unpaired) electrons. The molecule has 55 valence electrons. The molecular formula is C9H8NO. The molecule has 2 heteroatoms. The summed E-state index contributed by atoms with van der Waals surface area (Å²) in [5.41, 5.74) is 8.88. The smallest absolute Gasteiger partial charge is 0.127 e. The summed E-state index contributed by atoms with van der Waals surface area (Å²) in [6.07, 6.45) is 3.93. The maximum atomic E-state index is 7.35. The van der Waals surface area contributed by atoms with Crippen molar-refractivity contribution in [3.05, 3.63) is 29.8 Å². The first-order chi connectivity index (χ1) is 5.36. The predicted molar refractivity (Wildman–Crippen MR) is 43.7 cm³/mol. The van der Waals surface area contributed by atoms with Crippen molar-refractivity contribution < 1.29 is 4.74 Å². The highest BCUT2D eigenvalue weighted by Gasteiger charge is 2.03. The number of fused-ring (bicyclic) bond motifs is 1. The van der Waals surface area contributed by atoms with E-state index in [2.05, 4.69) is 0 Å². The SMILES string of the molecule is [NH]c1ccc2c(c1)C=CCO2. The van der Waals surface area contributed by atoms with Crippen molar-refractivity contribution in [2.75, 3.05) is 6.61 Å². The largest absolute Gasteiger partial charge is 0.489 e. The third-order valence-electron chi connectivity index (χ3n) is 1.64. The molecule has 11 heavy (non-hydrogen) atoms. The molecule has 0 unspecified atom stereocenters. The summed E-state index contributed by atoms with van der Waals surface area (Å²) in [6.45, 7) is 0.643. The fourth-order valence-electron chi connectivity index (χ4n) is 1.12. The van der Waals surface area contributed by atoms with Crippen LogP contribution in [0.5, 0.6) is 5.75 Å². The number of benzene rings is 1. The van der Waals surface area contributed by atoms with E-state index in [4.69, 9.17) is 10.5 Å². The number of hydrogen-bond donors (Lipinski definition) is 0. The van der Waals surface area contributed by atoms with Gasteiger partial charge >= 0.3 is 0 Å². The molecule has 1 aromatic carbocycles. The highest BCUT2D eigenvalue weighted by molar-refractivity contribution is 5.63. The zero-order chi connectivity index (χ0) is 7.68. The molecule has 0 atom stereocenters. The molecule has 1 N–H and O–H groups in total. The Hall–Kier alpha value is -1.44. The van der Waals surface area contributed by atoms with Crippen LogP contribution in [0.4, 0.5) is 5.69 Å². The minimum atomic E-state index is 0.527. The van der Waals surface area contributed by atoms with Crippen molar-refractivity contribution in [2.45, 2.75) is 0 Å². The molecule has 0 saturated heterocycles. The second kappa shape index (κ2) is 2.31. The molecule has 1 aliphatic rings. The van der Waals surface area contributed by atoms with Gasteiger partial charge in [0.25, 0.3) is 0 Å². The van der Waals surface area contributed by atoms with Crippen LogP contribution in [0.25, 0.3) is 6.08 Å². The Balaban J connectivity index is 2.54. The van der Waals surface area contributed by atoms with E-state index in [0.29, 0.717) is 12.3 Å². The summed E-state index contributed by atoms with van der Waals surface area (Å²) in [5, 5.41) is 0. The third-order valence-corrected chi connectivity index (χ3v) is 1.64. The van der Waals surface area contributed by atoms with Gasteiger partial charge in [-0.05, 0) is 24.3 Å². The topological polar surface area (TPSA) is 33.0 Å². The summed E-state index contributed by atoms with van der Waals surface area (Å²) < 4.78 is 5.31. The summed E-state index contributed by atoms with van der Waals surface area (Å²) in [6, 6.07) is 5.37. The fourth-order valence-corrected chi connectivity index (χ4v) is 1.12. The zero-order valence-electron chi connectivity index (χ0n) is 6.00. The van der Waals surface area contributed by atoms with Gasteiger partial charge in [0, 0.05) is 5.56 Å². The summed E-state index contributed by atoms with van der Waals surface area (Å²) in [5.74, 6) is 0.878. The molecule has 1 aliphatic heterocycles. The van der Waals surface area contributed by atoms with Crippen molar-refractivity contribution in [1.82, 2.24) is 5.73 Å². The van der Waals surface area contributed by atoms with Gasteiger partial charge in [0.05, 0.1) is 5.69 Å². The van der Waals surface area contributed by atoms with Gasteiger partial charge in [-0.1, -0.05) is 6.08 Å². The molecule has 0 saturated carbocycles. The number of ether oxygens (including phenoxy) is 1. The van der Waals surface area contributed by atoms with Crippen LogP contribution in [0.15, 0.2) is 24.3 Å². The minimum Gasteiger partial charge on any atom is -0.489 e. The molecule has 0 amide bonds. The van der Waals surface area contributed by atoms with E-state index < -0.39 is 0 Å². The van der Waals surface area contributed by atoms with Gasteiger partial charge < -0.3 is 10.5 Å². The highest BCUT2D eigenvalue weighted by atomic mass is 16.5. The van der Waals surface area contributed by atoms with E-state index in [1.807, 2.05) is 18.2 Å². The van der Waals surface area contributed by atoms with Crippen LogP contribution in [0.2, 0.25) is 0 Å². The van der Waals surface area contributed by atoms with Gasteiger partial charge in [-0.2, -0.15) is 0 Å². The van der Waals surface area contributed by atoms with Gasteiger partial charge in [-0.15, -0.1) is 0 Å². The van der Waals surface area contributed by atoms with Crippen LogP contribution in [-0.2, 0) is 0 Å². The molecule has 0 fully saturated rings. The van der Waals surface area contributed by atoms with Crippen LogP contribution in [0.1, 0.15) is 5.56 Å². The summed E-state index contributed by atoms with van der Waals surface area (Å²) in [4.78, 5) is 0. The summed E-state index contributed by atoms with van der Waals surface area (Å²) >= 11 is 0. The van der Waals surface area contributed by atoms with Crippen LogP contribution in [0.3, 0.4) is 0 Å². The molecule has 0 spiro atoms. The average molecular weight is 146 g/mol. The van der Waals surface area contributed by atoms with E-state index in [1.165, 1.54) is 0 Å². The molecule has 2 rings (SSSR count). The van der Waals surface area contributed by atoms with E-state index in [1.54, 1.807) is 12.1 Å². The Morgan fingerprint density at radius 2 is 2.27 bits per heavy atom. The van der Waals surface area contributed by atoms with Gasteiger partial charge in [-0.3, -0.25) is 0 Å². The lowest BCUT2D eigenvalue weighted by Crippen LogP contribution is -1.99. The second-order valence-corrected chi connectivity index (χ2v) is 2.47. The molecule has 0 aliphatic carbocycles. The van der Waals surface area contributed by atoms with Crippen molar-refractivity contribution in [2.24, 2.45) is 0 Å². The van der Waals surface area contributed by atoms with Crippen LogP contribution in [0, 0.1) is 0 Å². The Bertz CT molecular complexity index is 304. The van der Waals surface area contributed by atoms with Crippen LogP contribution < -0.4 is 10.5 Å². The first kappa shape index (κ1) is 6.28. The van der Waals surface area contributed by atoms with E-state index >= 15 is 0 Å². The van der Waals surface area contributed by atoms with Crippen LogP contribution >= 0.6 is 0 Å². The number of rotatable bonds is 0. The maximum Gasteiger partial charge on any atom is 0.127 e. The lowest BCUT2D eigenvalue weighted by atomic mass is 10.1. The normalized spacial score (nSPS) is 13.8. The molecule has 2 nitrogen and oxygen atoms in total. The third kappa shape index (κ3) is 1.07. The Kier molecular flexibility index (Phi) is 1.32. The summed E-state index contributed by atoms with van der Waals surface area (Å²) in [7, 11) is 0. The molecular weight excluding hydrogens is 138 g/mol. The lowest BCUT2D eigenvalue weighted by Gasteiger charge is -2.11. The fraction of sp³-hybridized carbons (Fsp3) is 0.111. The minimum absolute atomic E-state index is 0.527. The zero-order valence-corrected chi connectivity index (χ0v) is 6.00. The highest BCUT2D eigenvalue weighted by Crippen LogP contribution is 2.25. The van der Waals surface area contributed by atoms with Crippen molar-refractivity contribution in [3.63, 3.8) is 0 Å². The number of hydrogen-bond acceptors (Lipinski definition) is 1. The predicted octanol–water partition coefficient (Wildman–Crippen LogP) is 2.01. The monoisotopic (exact) mass is 146 g/mol. The van der Waals surface area contributed by atoms with Gasteiger partial charge in [-0.25, -0.2) is 0 Å². The van der Waals surface area contributed by atoms with Crippen molar-refractivity contribution in [3.8, 4) is 5.75 Å². The molecule has 0 bridgehead atoms. The first-order valence-corrected chi connectivity index (χ1v) is 3.51. The average Bonchev–Trinajstić information content (AvgIpc) is 2.04. The van der Waals surface area contributed by atoms with Crippen molar-refractivity contribution >= 4 is 11.8 Å². The number of nitrogens with one attached hydrogen (secondary N) is 1. The Morgan fingerprint density at radius 3 is 3.18 bits per heavy atom. The Morgan fingerprint density at radius 1 is 1.36 bits per heavy atom. The Labute approximate surface area is 65.3 Å². The van der Waals surface area contributed by atoms with Gasteiger partial charge in [0.1, 0.15) is 12.4 Å². The maximum absolute atomic E-state index is 7.35. The lowest BCUT2D eigenvalue weighted by molar-refractivity contribution is 0.358. The van der Waals surface area contributed by atoms with Crippen LogP contribution in [-0.4, -0.2) is 6.61 Å². The first-order valence-electron chi connectivity index (χ1n) is 3.51. The molecule has 1 heterocycles. The van der Waals surface area contributed by atoms with E-state index in [9.17, 15) is 0 Å². The second-order valence-electron chi connectivity index (χ2n) is 2.47. The quantitative estimate of drug-likeness (QED) is 0.551. The van der Waals surface area contributed by atoms with E-state index in [-0.39, 0.29) is 0 Å². The molecule has 1 aromatic rings.